The largest absolute Gasteiger partial charge is 0.455 e. The molecular formula is C24H61O9PSi6. The number of rotatable bonds is 19. The van der Waals surface area contributed by atoms with Gasteiger partial charge in [-0.25, -0.2) is 4.57 Å². The molecule has 0 heterocycles. The van der Waals surface area contributed by atoms with Gasteiger partial charge in [-0.15, -0.1) is 0 Å². The molecule has 0 saturated carbocycles. The molecule has 0 fully saturated rings. The standard InChI is InChI=1S/C24H61O9PSi6/c1-35(2,3)28-19-21(25)23(30-37(7,8)9)24(31-38(10,11)12)22(29-36(4,5)6)20-27-34(26,32-39(13,14)15)33-40(16,17)18/h22-24H,19-20H2,1-18H3. The summed E-state index contributed by atoms with van der Waals surface area (Å²) in [5.74, 6) is -0.183. The van der Waals surface area contributed by atoms with Crippen molar-refractivity contribution in [3.63, 3.8) is 0 Å². The average Bonchev–Trinajstić information content (AvgIpc) is 2.60. The number of ketones is 1. The number of hydrogen-bond acceptors (Lipinski definition) is 9. The molecule has 0 spiro atoms. The van der Waals surface area contributed by atoms with Gasteiger partial charge in [0.05, 0.1) is 19.3 Å². The monoisotopic (exact) mass is 692 g/mol. The van der Waals surface area contributed by atoms with Gasteiger partial charge in [-0.1, -0.05) is 0 Å². The molecule has 40 heavy (non-hydrogen) atoms. The average molecular weight is 693 g/mol. The maximum atomic E-state index is 14.0. The van der Waals surface area contributed by atoms with Crippen molar-refractivity contribution in [3.05, 3.63) is 0 Å². The van der Waals surface area contributed by atoms with E-state index in [9.17, 15) is 9.36 Å². The minimum absolute atomic E-state index is 0.0626. The molecule has 0 bridgehead atoms. The first-order valence-electron chi connectivity index (χ1n) is 14.2. The highest BCUT2D eigenvalue weighted by Crippen LogP contribution is 2.54. The predicted octanol–water partition coefficient (Wildman–Crippen LogP) is 7.90. The van der Waals surface area contributed by atoms with Crippen molar-refractivity contribution >= 4 is 63.5 Å². The fraction of sp³-hybridized carbons (Fsp3) is 0.958. The highest BCUT2D eigenvalue weighted by molar-refractivity contribution is 7.52. The van der Waals surface area contributed by atoms with Crippen molar-refractivity contribution in [2.75, 3.05) is 13.2 Å². The van der Waals surface area contributed by atoms with Crippen LogP contribution in [0.25, 0.3) is 0 Å². The highest BCUT2D eigenvalue weighted by Gasteiger charge is 2.45. The van der Waals surface area contributed by atoms with Crippen molar-refractivity contribution in [2.24, 2.45) is 0 Å². The molecule has 9 nitrogen and oxygen atoms in total. The zero-order valence-electron chi connectivity index (χ0n) is 28.8. The molecule has 0 rings (SSSR count). The molecule has 0 N–H and O–H groups in total. The van der Waals surface area contributed by atoms with E-state index in [1.807, 2.05) is 78.6 Å². The molecule has 0 amide bonds. The summed E-state index contributed by atoms with van der Waals surface area (Å²) in [7, 11) is -17.2. The Morgan fingerprint density at radius 3 is 1.30 bits per heavy atom. The molecule has 0 aromatic heterocycles. The van der Waals surface area contributed by atoms with Crippen molar-refractivity contribution < 1.29 is 40.0 Å². The summed E-state index contributed by atoms with van der Waals surface area (Å²) < 4.78 is 58.0. The summed E-state index contributed by atoms with van der Waals surface area (Å²) in [6.07, 6.45) is -2.44. The fourth-order valence-corrected chi connectivity index (χ4v) is 13.8. The molecule has 0 aliphatic heterocycles. The lowest BCUT2D eigenvalue weighted by Crippen LogP contribution is -2.57. The van der Waals surface area contributed by atoms with E-state index in [0.717, 1.165) is 0 Å². The van der Waals surface area contributed by atoms with E-state index in [-0.39, 0.29) is 19.0 Å². The van der Waals surface area contributed by atoms with Crippen LogP contribution in [0, 0.1) is 0 Å². The maximum Gasteiger partial charge on any atom is 0.455 e. The van der Waals surface area contributed by atoms with Gasteiger partial charge in [0, 0.05) is 0 Å². The molecular weight excluding hydrogens is 632 g/mol. The number of carbonyl (C=O) groups is 1. The summed E-state index contributed by atoms with van der Waals surface area (Å²) in [5.41, 5.74) is 0. The van der Waals surface area contributed by atoms with Crippen molar-refractivity contribution in [1.82, 2.24) is 0 Å². The van der Waals surface area contributed by atoms with Gasteiger partial charge in [0.1, 0.15) is 12.2 Å². The smallest absolute Gasteiger partial charge is 0.410 e. The summed E-state index contributed by atoms with van der Waals surface area (Å²) in [6.45, 7) is 36.1. The van der Waals surface area contributed by atoms with E-state index in [0.29, 0.717) is 0 Å². The molecule has 0 aromatic rings. The quantitative estimate of drug-likeness (QED) is 0.0988. The SMILES string of the molecule is C[Si](C)(C)OCC(=O)C(O[Si](C)(C)C)C(O[Si](C)(C)C)C(COP(=O)(O[Si](C)(C)C)O[Si](C)(C)C)O[Si](C)(C)C. The highest BCUT2D eigenvalue weighted by atomic mass is 31.2. The van der Waals surface area contributed by atoms with Crippen LogP contribution in [0.15, 0.2) is 0 Å². The number of hydrogen-bond donors (Lipinski definition) is 0. The topological polar surface area (TPSA) is 98.8 Å². The van der Waals surface area contributed by atoms with E-state index in [2.05, 4.69) is 39.3 Å². The third kappa shape index (κ3) is 20.8. The number of Topliss-reactive ketones (excluding diaryl/α,β-unsaturated/α-hetero) is 1. The second-order valence-corrected chi connectivity index (χ2v) is 45.1. The molecule has 0 radical (unpaired) electrons. The summed E-state index contributed by atoms with van der Waals surface area (Å²) >= 11 is 0. The molecule has 16 heteroatoms. The van der Waals surface area contributed by atoms with Crippen molar-refractivity contribution in [2.45, 2.75) is 136 Å². The van der Waals surface area contributed by atoms with Crippen LogP contribution >= 0.6 is 7.82 Å². The lowest BCUT2D eigenvalue weighted by molar-refractivity contribution is -0.137. The Morgan fingerprint density at radius 2 is 0.975 bits per heavy atom. The molecule has 0 saturated heterocycles. The Bertz CT molecular complexity index is 830. The Hall–Kier alpha value is 0.921. The predicted molar refractivity (Wildman–Crippen MR) is 181 cm³/mol. The molecule has 3 atom stereocenters. The second-order valence-electron chi connectivity index (χ2n) is 16.1. The molecule has 0 aromatic carbocycles. The molecule has 0 aliphatic rings. The van der Waals surface area contributed by atoms with Crippen LogP contribution in [0.3, 0.4) is 0 Å². The van der Waals surface area contributed by atoms with Crippen molar-refractivity contribution in [1.29, 1.82) is 0 Å². The van der Waals surface area contributed by atoms with Crippen LogP contribution in [0.5, 0.6) is 0 Å². The third-order valence-corrected chi connectivity index (χ3v) is 14.9. The van der Waals surface area contributed by atoms with E-state index in [1.165, 1.54) is 0 Å². The zero-order valence-corrected chi connectivity index (χ0v) is 35.7. The minimum atomic E-state index is -3.92. The third-order valence-electron chi connectivity index (χ3n) is 4.27. The van der Waals surface area contributed by atoms with E-state index < -0.39 is 76.0 Å². The normalized spacial score (nSPS) is 17.1. The zero-order chi connectivity index (χ0) is 32.2. The van der Waals surface area contributed by atoms with Gasteiger partial charge in [-0.2, -0.15) is 0 Å². The van der Waals surface area contributed by atoms with Gasteiger partial charge in [0.2, 0.25) is 0 Å². The van der Waals surface area contributed by atoms with Gasteiger partial charge < -0.3 is 26.1 Å². The van der Waals surface area contributed by atoms with Crippen molar-refractivity contribution in [3.8, 4) is 0 Å². The summed E-state index contributed by atoms with van der Waals surface area (Å²) in [6, 6.07) is 0. The molecule has 3 unspecified atom stereocenters. The van der Waals surface area contributed by atoms with Crippen LogP contribution in [0.4, 0.5) is 0 Å². The Balaban J connectivity index is 6.76. The lowest BCUT2D eigenvalue weighted by Gasteiger charge is -2.41. The summed E-state index contributed by atoms with van der Waals surface area (Å²) in [5, 5.41) is 0. The first kappa shape index (κ1) is 40.9. The van der Waals surface area contributed by atoms with E-state index in [4.69, 9.17) is 30.7 Å². The Labute approximate surface area is 252 Å². The van der Waals surface area contributed by atoms with Gasteiger partial charge in [0.15, 0.2) is 55.7 Å². The summed E-state index contributed by atoms with van der Waals surface area (Å²) in [4.78, 5) is 13.8. The number of phosphoric acid groups is 1. The van der Waals surface area contributed by atoms with Crippen LogP contribution in [0.2, 0.25) is 118 Å². The minimum Gasteiger partial charge on any atom is -0.410 e. The first-order valence-corrected chi connectivity index (χ1v) is 36.1. The van der Waals surface area contributed by atoms with Crippen LogP contribution < -0.4 is 0 Å². The molecule has 240 valence electrons. The van der Waals surface area contributed by atoms with Crippen LogP contribution in [0.1, 0.15) is 0 Å². The number of carbonyl (C=O) groups excluding carboxylic acids is 1. The Morgan fingerprint density at radius 1 is 0.575 bits per heavy atom. The fourth-order valence-electron chi connectivity index (χ4n) is 3.36. The van der Waals surface area contributed by atoms with Gasteiger partial charge in [0.25, 0.3) is 0 Å². The lowest BCUT2D eigenvalue weighted by atomic mass is 10.1. The van der Waals surface area contributed by atoms with Gasteiger partial charge >= 0.3 is 7.82 Å². The van der Waals surface area contributed by atoms with E-state index in [1.54, 1.807) is 0 Å². The Kier molecular flexibility index (Phi) is 15.1. The second kappa shape index (κ2) is 14.8. The van der Waals surface area contributed by atoms with Crippen LogP contribution in [-0.2, 0) is 40.0 Å². The molecule has 0 aliphatic carbocycles. The van der Waals surface area contributed by atoms with Crippen LogP contribution in [-0.4, -0.2) is 87.2 Å². The van der Waals surface area contributed by atoms with E-state index >= 15 is 0 Å². The maximum absolute atomic E-state index is 14.0. The first-order chi connectivity index (χ1) is 17.3. The van der Waals surface area contributed by atoms with Gasteiger partial charge in [-0.05, 0) is 118 Å². The van der Waals surface area contributed by atoms with Gasteiger partial charge in [-0.3, -0.25) is 9.32 Å².